The number of rotatable bonds is 45. The Balaban J connectivity index is 0.828. The van der Waals surface area contributed by atoms with Crippen LogP contribution in [0, 0.1) is 13.8 Å². The third kappa shape index (κ3) is 30.7. The number of hydrogen-bond donors (Lipinski definition) is 12. The molecule has 6 rings (SSSR count). The highest BCUT2D eigenvalue weighted by molar-refractivity contribution is 7.89. The first-order chi connectivity index (χ1) is 48.7. The minimum Gasteiger partial charge on any atom is -0.494 e. The molecule has 0 spiro atoms. The summed E-state index contributed by atoms with van der Waals surface area (Å²) in [5, 5.41) is 57.8. The van der Waals surface area contributed by atoms with E-state index < -0.39 is 80.6 Å². The standard InChI is InChI=1S/C64H92N14O22S2/c1-45-35-51(36-46(2)60(45)101(91,92)73-53(63(89)90)40-70-61(87)48-10-13-54-49(38-48)39-71-78(54)19-4-14-67-64-68-17-18-69-64)99-30-3-7-55(79)65-15-5-28-96-31-33-98-34-32-97-29-6-16-66-62(88)52(37-47-8-11-50(12-9-47)100-102(93,94)95)72-56(80)41-74-20-22-75(42-57(81)82)24-26-77(44-59(85)86)27-25-76(23-21-74)43-58(83)84/h8-13,17-18,35-36,38-39,52-53,73H,3-7,14-16,19-34,37,40-44H2,1-2H3,(H,65,79)(H,66,88)(H,70,87)(H,72,80)(H,81,82)(H,83,84)(H,85,86)(H,89,90)(H2,67,68,69)(H,93,94,95)/t52-,53?/m1/s1. The first kappa shape index (κ1) is 82.0. The Hall–Kier alpha value is -8.96. The molecule has 36 nitrogen and oxygen atoms in total. The van der Waals surface area contributed by atoms with E-state index in [9.17, 15) is 75.6 Å². The summed E-state index contributed by atoms with van der Waals surface area (Å²) in [5.74, 6) is -5.97. The highest BCUT2D eigenvalue weighted by Crippen LogP contribution is 2.27. The molecule has 3 heterocycles. The van der Waals surface area contributed by atoms with Crippen LogP contribution < -0.4 is 40.2 Å². The lowest BCUT2D eigenvalue weighted by Crippen LogP contribution is -2.53. The fraction of sp³-hybridized carbons (Fsp3) is 0.531. The highest BCUT2D eigenvalue weighted by atomic mass is 32.3. The van der Waals surface area contributed by atoms with Crippen molar-refractivity contribution in [1.82, 2.24) is 65.3 Å². The number of aromatic amines is 1. The molecule has 38 heteroatoms. The van der Waals surface area contributed by atoms with Crippen molar-refractivity contribution >= 4 is 84.8 Å². The number of aliphatic carboxylic acids is 4. The number of carbonyl (C=O) groups is 8. The van der Waals surface area contributed by atoms with Gasteiger partial charge in [0.05, 0.1) is 75.8 Å². The average molecular weight is 1470 g/mol. The zero-order chi connectivity index (χ0) is 74.0. The molecule has 0 bridgehead atoms. The maximum Gasteiger partial charge on any atom is 0.446 e. The van der Waals surface area contributed by atoms with Crippen LogP contribution in [0.25, 0.3) is 10.9 Å². The minimum atomic E-state index is -4.82. The number of ether oxygens (including phenoxy) is 4. The van der Waals surface area contributed by atoms with E-state index in [2.05, 4.69) is 50.6 Å². The van der Waals surface area contributed by atoms with Gasteiger partial charge in [0.1, 0.15) is 23.6 Å². The number of amides is 4. The molecule has 1 aliphatic heterocycles. The summed E-state index contributed by atoms with van der Waals surface area (Å²) < 4.78 is 90.1. The second-order valence-corrected chi connectivity index (χ2v) is 26.5. The second kappa shape index (κ2) is 42.5. The molecule has 562 valence electrons. The van der Waals surface area contributed by atoms with Gasteiger partial charge in [0.2, 0.25) is 27.7 Å². The fourth-order valence-corrected chi connectivity index (χ4v) is 12.8. The maximum absolute atomic E-state index is 13.8. The molecule has 0 radical (unpaired) electrons. The predicted molar refractivity (Wildman–Crippen MR) is 367 cm³/mol. The van der Waals surface area contributed by atoms with E-state index in [4.69, 9.17) is 23.5 Å². The Kier molecular flexibility index (Phi) is 34.1. The van der Waals surface area contributed by atoms with Gasteiger partial charge in [-0.1, -0.05) is 12.1 Å². The first-order valence-electron chi connectivity index (χ1n) is 33.0. The maximum atomic E-state index is 13.8. The monoisotopic (exact) mass is 1470 g/mol. The molecule has 0 saturated carbocycles. The summed E-state index contributed by atoms with van der Waals surface area (Å²) in [5.41, 5.74) is 2.08. The van der Waals surface area contributed by atoms with Crippen LogP contribution in [-0.2, 0) is 81.2 Å². The number of fused-ring (bicyclic) bond motifs is 1. The molecule has 4 amide bonds. The summed E-state index contributed by atoms with van der Waals surface area (Å²) in [4.78, 5) is 114. The van der Waals surface area contributed by atoms with Crippen LogP contribution >= 0.6 is 0 Å². The van der Waals surface area contributed by atoms with Gasteiger partial charge in [-0.3, -0.25) is 67.2 Å². The van der Waals surface area contributed by atoms with Gasteiger partial charge in [-0.25, -0.2) is 13.4 Å². The van der Waals surface area contributed by atoms with Gasteiger partial charge in [-0.2, -0.15) is 18.2 Å². The van der Waals surface area contributed by atoms with E-state index in [0.717, 1.165) is 11.9 Å². The number of benzene rings is 3. The van der Waals surface area contributed by atoms with Crippen molar-refractivity contribution < 1.29 is 103 Å². The Bertz CT molecular complexity index is 3720. The summed E-state index contributed by atoms with van der Waals surface area (Å²) in [6.45, 7) is 6.09. The SMILES string of the molecule is Cc1cc(OCCCC(=O)NCCCOCCOCCOCCCNC(=O)[C@@H](Cc2ccc(OS(=O)(=O)O)cc2)NC(=O)CN2CCN(CC(=O)O)CCN(CC(=O)O)CCN(CC(=O)O)CC2)cc(C)c1S(=O)(=O)NC(CNC(=O)c1ccc2c(cnn2CCCNc2ncc[nH]2)c1)C(=O)O. The molecule has 1 fully saturated rings. The average Bonchev–Trinajstić information content (AvgIpc) is 0.950. The Morgan fingerprint density at radius 3 is 1.71 bits per heavy atom. The molecule has 3 aromatic carbocycles. The van der Waals surface area contributed by atoms with E-state index in [1.54, 1.807) is 74.9 Å². The summed E-state index contributed by atoms with van der Waals surface area (Å²) in [6.07, 6.45) is 7.09. The van der Waals surface area contributed by atoms with Crippen LogP contribution in [0.4, 0.5) is 5.95 Å². The second-order valence-electron chi connectivity index (χ2n) is 23.9. The topological polar surface area (TPSA) is 484 Å². The van der Waals surface area contributed by atoms with E-state index in [1.807, 2.05) is 0 Å². The van der Waals surface area contributed by atoms with Crippen LogP contribution in [0.1, 0.15) is 59.2 Å². The van der Waals surface area contributed by atoms with Crippen molar-refractivity contribution in [3.63, 3.8) is 0 Å². The van der Waals surface area contributed by atoms with E-state index in [0.29, 0.717) is 68.2 Å². The number of H-pyrrole nitrogens is 1. The summed E-state index contributed by atoms with van der Waals surface area (Å²) in [6, 6.07) is 10.5. The number of nitrogens with one attached hydrogen (secondary N) is 7. The number of sulfonamides is 1. The lowest BCUT2D eigenvalue weighted by molar-refractivity contribution is -0.140. The van der Waals surface area contributed by atoms with Crippen LogP contribution in [-0.4, -0.2) is 292 Å². The van der Waals surface area contributed by atoms with Crippen molar-refractivity contribution in [2.24, 2.45) is 0 Å². The summed E-state index contributed by atoms with van der Waals surface area (Å²) >= 11 is 0. The van der Waals surface area contributed by atoms with Gasteiger partial charge in [-0.05, 0) is 98.7 Å². The lowest BCUT2D eigenvalue weighted by Gasteiger charge is -2.33. The molecular weight excluding hydrogens is 1380 g/mol. The quantitative estimate of drug-likeness (QED) is 0.0175. The Morgan fingerprint density at radius 1 is 0.608 bits per heavy atom. The van der Waals surface area contributed by atoms with Crippen LogP contribution in [0.15, 0.2) is 78.1 Å². The number of imidazole rings is 1. The first-order valence-corrected chi connectivity index (χ1v) is 35.9. The van der Waals surface area contributed by atoms with Gasteiger partial charge in [0.25, 0.3) is 5.91 Å². The Morgan fingerprint density at radius 2 is 1.17 bits per heavy atom. The minimum absolute atomic E-state index is 0.0671. The van der Waals surface area contributed by atoms with Crippen molar-refractivity contribution in [3.8, 4) is 11.5 Å². The number of nitrogens with zero attached hydrogens (tertiary/aromatic N) is 7. The van der Waals surface area contributed by atoms with Crippen LogP contribution in [0.5, 0.6) is 11.5 Å². The zero-order valence-electron chi connectivity index (χ0n) is 56.9. The van der Waals surface area contributed by atoms with Gasteiger partial charge >= 0.3 is 34.3 Å². The number of aromatic nitrogens is 4. The molecule has 5 aromatic rings. The molecule has 102 heavy (non-hydrogen) atoms. The van der Waals surface area contributed by atoms with Crippen molar-refractivity contribution in [2.45, 2.75) is 75.9 Å². The smallest absolute Gasteiger partial charge is 0.446 e. The molecule has 1 aliphatic rings. The van der Waals surface area contributed by atoms with Gasteiger partial charge in [-0.15, -0.1) is 0 Å². The van der Waals surface area contributed by atoms with Gasteiger partial charge < -0.3 is 75.1 Å². The van der Waals surface area contributed by atoms with Crippen molar-refractivity contribution in [1.29, 1.82) is 0 Å². The van der Waals surface area contributed by atoms with Gasteiger partial charge in [0, 0.05) is 134 Å². The molecule has 2 atom stereocenters. The van der Waals surface area contributed by atoms with Crippen molar-refractivity contribution in [3.05, 3.63) is 95.4 Å². The zero-order valence-corrected chi connectivity index (χ0v) is 58.6. The predicted octanol–water partition coefficient (Wildman–Crippen LogP) is -0.354. The summed E-state index contributed by atoms with van der Waals surface area (Å²) in [7, 11) is -9.23. The highest BCUT2D eigenvalue weighted by Gasteiger charge is 2.30. The lowest BCUT2D eigenvalue weighted by atomic mass is 10.0. The molecule has 1 saturated heterocycles. The number of carboxylic acid groups (broad SMARTS) is 4. The van der Waals surface area contributed by atoms with Crippen molar-refractivity contribution in [2.75, 3.05) is 156 Å². The van der Waals surface area contributed by atoms with Gasteiger partial charge in [0.15, 0.2) is 5.95 Å². The van der Waals surface area contributed by atoms with Crippen LogP contribution in [0.2, 0.25) is 0 Å². The molecule has 2 aromatic heterocycles. The molecule has 12 N–H and O–H groups in total. The molecule has 1 unspecified atom stereocenters. The van der Waals surface area contributed by atoms with E-state index >= 15 is 0 Å². The number of anilines is 1. The third-order valence-corrected chi connectivity index (χ3v) is 17.9. The van der Waals surface area contributed by atoms with E-state index in [-0.39, 0.29) is 171 Å². The number of carboxylic acids is 4. The molecular formula is C64H92N14O22S2. The molecule has 0 aliphatic carbocycles. The third-order valence-electron chi connectivity index (χ3n) is 15.7. The largest absolute Gasteiger partial charge is 0.494 e. The number of aryl methyl sites for hydroxylation is 3. The fourth-order valence-electron chi connectivity index (χ4n) is 10.8. The number of hydrogen-bond acceptors (Lipinski definition) is 24. The number of carbonyl (C=O) groups excluding carboxylic acids is 4. The normalized spacial score (nSPS) is 14.5. The Labute approximate surface area is 590 Å². The van der Waals surface area contributed by atoms with E-state index in [1.165, 1.54) is 36.4 Å². The van der Waals surface area contributed by atoms with Crippen LogP contribution in [0.3, 0.4) is 0 Å².